The summed E-state index contributed by atoms with van der Waals surface area (Å²) in [6.45, 7) is 3.97. The van der Waals surface area contributed by atoms with Crippen LogP contribution in [0.3, 0.4) is 0 Å². The maximum Gasteiger partial charge on any atom is 0.350 e. The predicted octanol–water partition coefficient (Wildman–Crippen LogP) is 3.83. The number of carbonyl (C=O) groups excluding carboxylic acids is 2. The zero-order valence-corrected chi connectivity index (χ0v) is 20.3. The smallest absolute Gasteiger partial charge is 0.350 e. The van der Waals surface area contributed by atoms with Crippen LogP contribution >= 0.6 is 39.0 Å². The van der Waals surface area contributed by atoms with Gasteiger partial charge in [0.2, 0.25) is 5.91 Å². The van der Waals surface area contributed by atoms with Gasteiger partial charge in [0, 0.05) is 11.5 Å². The van der Waals surface area contributed by atoms with Crippen LogP contribution in [0.15, 0.2) is 33.9 Å². The van der Waals surface area contributed by atoms with E-state index >= 15 is 0 Å². The number of benzene rings is 1. The van der Waals surface area contributed by atoms with Crippen LogP contribution in [0.5, 0.6) is 5.75 Å². The Kier molecular flexibility index (Phi) is 8.04. The first-order chi connectivity index (χ1) is 14.9. The molecule has 3 aromatic rings. The van der Waals surface area contributed by atoms with E-state index in [1.807, 2.05) is 31.3 Å². The van der Waals surface area contributed by atoms with Crippen molar-refractivity contribution in [2.45, 2.75) is 25.6 Å². The largest absolute Gasteiger partial charge is 0.486 e. The summed E-state index contributed by atoms with van der Waals surface area (Å²) in [5.41, 5.74) is 0.523. The monoisotopic (exact) mass is 525 g/mol. The predicted molar refractivity (Wildman–Crippen MR) is 122 cm³/mol. The van der Waals surface area contributed by atoms with Crippen molar-refractivity contribution in [3.05, 3.63) is 45.1 Å². The molecule has 0 radical (unpaired) electrons. The fourth-order valence-corrected chi connectivity index (χ4v) is 4.27. The van der Waals surface area contributed by atoms with E-state index < -0.39 is 5.97 Å². The highest BCUT2D eigenvalue weighted by Gasteiger charge is 2.18. The summed E-state index contributed by atoms with van der Waals surface area (Å²) < 4.78 is 13.5. The zero-order valence-electron chi connectivity index (χ0n) is 17.0. The summed E-state index contributed by atoms with van der Waals surface area (Å²) in [4.78, 5) is 28.8. The molecule has 0 atom stereocenters. The quantitative estimate of drug-likeness (QED) is 0.331. The number of rotatable bonds is 9. The standard InChI is InChI=1S/C19H20BrN5O4S2/c1-4-28-17(27)16-11(2)21-18(31-16)22-15(26)10-30-19-24-23-14(25(19)3)9-29-13-7-5-12(20)6-8-13/h5-8H,4,9-10H2,1-3H3,(H,21,22,26). The summed E-state index contributed by atoms with van der Waals surface area (Å²) in [7, 11) is 1.82. The highest BCUT2D eigenvalue weighted by Crippen LogP contribution is 2.24. The molecule has 0 saturated heterocycles. The van der Waals surface area contributed by atoms with Crippen molar-refractivity contribution in [3.8, 4) is 5.75 Å². The van der Waals surface area contributed by atoms with Crippen molar-refractivity contribution in [2.24, 2.45) is 7.05 Å². The molecule has 2 aromatic heterocycles. The van der Waals surface area contributed by atoms with Crippen molar-refractivity contribution in [3.63, 3.8) is 0 Å². The third kappa shape index (κ3) is 6.28. The average molecular weight is 526 g/mol. The Morgan fingerprint density at radius 2 is 2.00 bits per heavy atom. The second-order valence-corrected chi connectivity index (χ2v) is 9.05. The number of aromatic nitrogens is 4. The number of hydrogen-bond donors (Lipinski definition) is 1. The van der Waals surface area contributed by atoms with E-state index in [0.29, 0.717) is 26.7 Å². The van der Waals surface area contributed by atoms with Crippen LogP contribution in [0.1, 0.15) is 28.1 Å². The van der Waals surface area contributed by atoms with Crippen LogP contribution in [0.2, 0.25) is 0 Å². The number of thioether (sulfide) groups is 1. The first-order valence-corrected chi connectivity index (χ1v) is 11.8. The highest BCUT2D eigenvalue weighted by molar-refractivity contribution is 9.10. The molecule has 0 saturated carbocycles. The van der Waals surface area contributed by atoms with E-state index in [2.05, 4.69) is 36.4 Å². The number of nitrogens with one attached hydrogen (secondary N) is 1. The maximum atomic E-state index is 12.3. The number of ether oxygens (including phenoxy) is 2. The summed E-state index contributed by atoms with van der Waals surface area (Å²) in [5.74, 6) is 0.780. The summed E-state index contributed by atoms with van der Waals surface area (Å²) in [6, 6.07) is 7.50. The number of aryl methyl sites for hydroxylation is 1. The van der Waals surface area contributed by atoms with Crippen LogP contribution in [0.4, 0.5) is 5.13 Å². The van der Waals surface area contributed by atoms with Crippen molar-refractivity contribution >= 4 is 56.0 Å². The third-order valence-electron chi connectivity index (χ3n) is 3.94. The molecule has 12 heteroatoms. The molecule has 2 heterocycles. The number of thiazole rings is 1. The first-order valence-electron chi connectivity index (χ1n) is 9.21. The fourth-order valence-electron chi connectivity index (χ4n) is 2.40. The lowest BCUT2D eigenvalue weighted by atomic mass is 10.3. The molecule has 0 unspecified atom stereocenters. The molecule has 0 aliphatic heterocycles. The van der Waals surface area contributed by atoms with Gasteiger partial charge in [-0.25, -0.2) is 9.78 Å². The Morgan fingerprint density at radius 1 is 1.26 bits per heavy atom. The molecule has 1 aromatic carbocycles. The van der Waals surface area contributed by atoms with E-state index in [-0.39, 0.29) is 24.9 Å². The Hall–Kier alpha value is -2.44. The summed E-state index contributed by atoms with van der Waals surface area (Å²) in [5, 5.41) is 11.9. The Balaban J connectivity index is 1.52. The molecule has 9 nitrogen and oxygen atoms in total. The minimum absolute atomic E-state index is 0.118. The molecule has 0 aliphatic carbocycles. The van der Waals surface area contributed by atoms with Crippen LogP contribution in [-0.4, -0.2) is 44.0 Å². The summed E-state index contributed by atoms with van der Waals surface area (Å²) in [6.07, 6.45) is 0. The molecule has 0 aliphatic rings. The highest BCUT2D eigenvalue weighted by atomic mass is 79.9. The van der Waals surface area contributed by atoms with Crippen molar-refractivity contribution in [2.75, 3.05) is 17.7 Å². The van der Waals surface area contributed by atoms with Crippen LogP contribution < -0.4 is 10.1 Å². The van der Waals surface area contributed by atoms with Gasteiger partial charge in [0.25, 0.3) is 0 Å². The molecule has 0 bridgehead atoms. The lowest BCUT2D eigenvalue weighted by Gasteiger charge is -2.06. The molecule has 3 rings (SSSR count). The maximum absolute atomic E-state index is 12.3. The van der Waals surface area contributed by atoms with Crippen molar-refractivity contribution < 1.29 is 19.1 Å². The second-order valence-electron chi connectivity index (χ2n) is 6.19. The number of amides is 1. The van der Waals surface area contributed by atoms with Crippen molar-refractivity contribution in [1.82, 2.24) is 19.7 Å². The van der Waals surface area contributed by atoms with Crippen molar-refractivity contribution in [1.29, 1.82) is 0 Å². The van der Waals surface area contributed by atoms with Gasteiger partial charge in [0.1, 0.15) is 17.2 Å². The average Bonchev–Trinajstić information content (AvgIpc) is 3.28. The van der Waals surface area contributed by atoms with E-state index in [4.69, 9.17) is 9.47 Å². The van der Waals surface area contributed by atoms with E-state index in [9.17, 15) is 9.59 Å². The van der Waals surface area contributed by atoms with Gasteiger partial charge in [0.05, 0.1) is 18.1 Å². The Morgan fingerprint density at radius 3 is 2.71 bits per heavy atom. The Bertz CT molecular complexity index is 1070. The minimum atomic E-state index is -0.440. The minimum Gasteiger partial charge on any atom is -0.486 e. The van der Waals surface area contributed by atoms with Crippen LogP contribution in [0.25, 0.3) is 0 Å². The van der Waals surface area contributed by atoms with Gasteiger partial charge in [-0.1, -0.05) is 39.0 Å². The van der Waals surface area contributed by atoms with Gasteiger partial charge in [0.15, 0.2) is 16.1 Å². The zero-order chi connectivity index (χ0) is 22.4. The van der Waals surface area contributed by atoms with E-state index in [0.717, 1.165) is 21.6 Å². The molecular formula is C19H20BrN5O4S2. The van der Waals surface area contributed by atoms with Gasteiger partial charge < -0.3 is 19.4 Å². The number of halogens is 1. The molecule has 164 valence electrons. The number of hydrogen-bond acceptors (Lipinski definition) is 9. The lowest BCUT2D eigenvalue weighted by Crippen LogP contribution is -2.14. The van der Waals surface area contributed by atoms with Gasteiger partial charge in [-0.05, 0) is 38.1 Å². The first kappa shape index (κ1) is 23.2. The molecule has 0 fully saturated rings. The molecular weight excluding hydrogens is 506 g/mol. The van der Waals surface area contributed by atoms with Crippen LogP contribution in [0, 0.1) is 6.92 Å². The Labute approximate surface area is 195 Å². The molecule has 1 amide bonds. The van der Waals surface area contributed by atoms with Gasteiger partial charge >= 0.3 is 5.97 Å². The normalized spacial score (nSPS) is 10.7. The van der Waals surface area contributed by atoms with Gasteiger partial charge in [-0.3, -0.25) is 4.79 Å². The second kappa shape index (κ2) is 10.7. The number of esters is 1. The number of carbonyl (C=O) groups is 2. The molecule has 0 spiro atoms. The van der Waals surface area contributed by atoms with Gasteiger partial charge in [-0.2, -0.15) is 0 Å². The van der Waals surface area contributed by atoms with Crippen LogP contribution in [-0.2, 0) is 23.2 Å². The number of nitrogens with zero attached hydrogens (tertiary/aromatic N) is 4. The number of anilines is 1. The molecule has 1 N–H and O–H groups in total. The molecule has 31 heavy (non-hydrogen) atoms. The fraction of sp³-hybridized carbons (Fsp3) is 0.316. The van der Waals surface area contributed by atoms with E-state index in [1.54, 1.807) is 18.4 Å². The lowest BCUT2D eigenvalue weighted by molar-refractivity contribution is -0.113. The topological polar surface area (TPSA) is 108 Å². The van der Waals surface area contributed by atoms with Gasteiger partial charge in [-0.15, -0.1) is 10.2 Å². The van der Waals surface area contributed by atoms with E-state index in [1.165, 1.54) is 11.8 Å². The SMILES string of the molecule is CCOC(=O)c1sc(NC(=O)CSc2nnc(COc3ccc(Br)cc3)n2C)nc1C. The third-order valence-corrected chi connectivity index (χ3v) is 6.54. The summed E-state index contributed by atoms with van der Waals surface area (Å²) >= 11 is 5.72.